The zero-order valence-electron chi connectivity index (χ0n) is 21.1. The maximum atomic E-state index is 10.4. The number of benzene rings is 5. The first-order valence-electron chi connectivity index (χ1n) is 12.9. The van der Waals surface area contributed by atoms with Gasteiger partial charge in [-0.1, -0.05) is 74.5 Å². The zero-order chi connectivity index (χ0) is 25.8. The van der Waals surface area contributed by atoms with Gasteiger partial charge < -0.3 is 14.6 Å². The maximum absolute atomic E-state index is 10.4. The van der Waals surface area contributed by atoms with E-state index in [1.54, 1.807) is 11.3 Å². The fourth-order valence-corrected chi connectivity index (χ4v) is 7.82. The average molecular weight is 509 g/mol. The van der Waals surface area contributed by atoms with E-state index < -0.39 is 7.12 Å². The average Bonchev–Trinajstić information content (AvgIpc) is 3.53. The lowest BCUT2D eigenvalue weighted by Crippen LogP contribution is -2.30. The van der Waals surface area contributed by atoms with E-state index in [9.17, 15) is 10.0 Å². The van der Waals surface area contributed by atoms with Gasteiger partial charge in [0.25, 0.3) is 0 Å². The second kappa shape index (κ2) is 7.58. The summed E-state index contributed by atoms with van der Waals surface area (Å²) in [6.45, 7) is 4.61. The lowest BCUT2D eigenvalue weighted by molar-refractivity contribution is 0.426. The Kier molecular flexibility index (Phi) is 4.41. The van der Waals surface area contributed by atoms with Crippen LogP contribution in [-0.2, 0) is 5.41 Å². The summed E-state index contributed by atoms with van der Waals surface area (Å²) in [7, 11) is -1.56. The van der Waals surface area contributed by atoms with Gasteiger partial charge in [0.2, 0.25) is 0 Å². The smallest absolute Gasteiger partial charge is 0.423 e. The second-order valence-electron chi connectivity index (χ2n) is 10.8. The lowest BCUT2D eigenvalue weighted by Gasteiger charge is -2.21. The van der Waals surface area contributed by atoms with Gasteiger partial charge in [0.05, 0.1) is 11.0 Å². The molecule has 0 bridgehead atoms. The molecule has 0 saturated heterocycles. The number of rotatable bonds is 2. The number of aromatic nitrogens is 1. The third-order valence-corrected chi connectivity index (χ3v) is 9.64. The van der Waals surface area contributed by atoms with Crippen LogP contribution >= 0.6 is 11.3 Å². The van der Waals surface area contributed by atoms with Crippen molar-refractivity contribution in [2.75, 3.05) is 0 Å². The first-order chi connectivity index (χ1) is 18.4. The molecule has 0 spiro atoms. The van der Waals surface area contributed by atoms with E-state index >= 15 is 0 Å². The third-order valence-electron chi connectivity index (χ3n) is 8.40. The van der Waals surface area contributed by atoms with Gasteiger partial charge in [-0.3, -0.25) is 0 Å². The highest BCUT2D eigenvalue weighted by Gasteiger charge is 2.36. The van der Waals surface area contributed by atoms with Crippen LogP contribution in [0.4, 0.5) is 0 Å². The molecule has 182 valence electrons. The molecular formula is C33H24BNO2S. The van der Waals surface area contributed by atoms with E-state index in [1.165, 1.54) is 33.0 Å². The molecule has 1 aliphatic rings. The number of thiophene rings is 1. The number of nitrogens with zero attached hydrogens (tertiary/aromatic N) is 1. The zero-order valence-corrected chi connectivity index (χ0v) is 21.9. The van der Waals surface area contributed by atoms with Crippen molar-refractivity contribution >= 4 is 65.9 Å². The Morgan fingerprint density at radius 1 is 0.658 bits per heavy atom. The van der Waals surface area contributed by atoms with Crippen molar-refractivity contribution in [3.8, 4) is 16.8 Å². The third kappa shape index (κ3) is 2.81. The first kappa shape index (κ1) is 22.1. The molecule has 38 heavy (non-hydrogen) atoms. The Morgan fingerprint density at radius 3 is 2.24 bits per heavy atom. The number of para-hydroxylation sites is 1. The minimum Gasteiger partial charge on any atom is -0.423 e. The molecule has 0 saturated carbocycles. The van der Waals surface area contributed by atoms with Crippen molar-refractivity contribution < 1.29 is 10.0 Å². The topological polar surface area (TPSA) is 45.4 Å². The number of hydrogen-bond donors (Lipinski definition) is 2. The molecule has 0 amide bonds. The summed E-state index contributed by atoms with van der Waals surface area (Å²) in [5, 5.41) is 25.5. The largest absolute Gasteiger partial charge is 0.489 e. The monoisotopic (exact) mass is 509 g/mol. The molecular weight excluding hydrogens is 485 g/mol. The number of hydrogen-bond acceptors (Lipinski definition) is 3. The summed E-state index contributed by atoms with van der Waals surface area (Å²) >= 11 is 1.61. The van der Waals surface area contributed by atoms with Crippen molar-refractivity contribution in [2.45, 2.75) is 19.3 Å². The van der Waals surface area contributed by atoms with E-state index in [2.05, 4.69) is 97.3 Å². The van der Waals surface area contributed by atoms with Crippen molar-refractivity contribution in [3.63, 3.8) is 0 Å². The SMILES string of the molecule is CC1(C)c2ccccc2-c2cc3c4ccccc4n(-c4cc(B(O)O)c5sc6ccccc6c5c4)c3cc21. The summed E-state index contributed by atoms with van der Waals surface area (Å²) in [4.78, 5) is 0. The van der Waals surface area contributed by atoms with Crippen molar-refractivity contribution in [2.24, 2.45) is 0 Å². The van der Waals surface area contributed by atoms with Crippen LogP contribution in [0, 0.1) is 0 Å². The van der Waals surface area contributed by atoms with Crippen LogP contribution < -0.4 is 5.46 Å². The molecule has 0 aliphatic heterocycles. The normalized spacial score (nSPS) is 14.0. The molecule has 3 nitrogen and oxygen atoms in total. The molecule has 2 N–H and O–H groups in total. The van der Waals surface area contributed by atoms with Crippen LogP contribution in [0.15, 0.2) is 97.1 Å². The summed E-state index contributed by atoms with van der Waals surface area (Å²) in [5.41, 5.74) is 8.88. The molecule has 0 radical (unpaired) electrons. The van der Waals surface area contributed by atoms with Gasteiger partial charge in [-0.15, -0.1) is 11.3 Å². The predicted molar refractivity (Wildman–Crippen MR) is 161 cm³/mol. The first-order valence-corrected chi connectivity index (χ1v) is 13.7. The molecule has 5 heteroatoms. The summed E-state index contributed by atoms with van der Waals surface area (Å²) in [5.74, 6) is 0. The highest BCUT2D eigenvalue weighted by molar-refractivity contribution is 7.27. The van der Waals surface area contributed by atoms with Gasteiger partial charge in [0.1, 0.15) is 0 Å². The highest BCUT2D eigenvalue weighted by atomic mass is 32.1. The van der Waals surface area contributed by atoms with E-state index in [1.807, 2.05) is 18.2 Å². The van der Waals surface area contributed by atoms with Gasteiger partial charge >= 0.3 is 7.12 Å². The van der Waals surface area contributed by atoms with Gasteiger partial charge in [-0.25, -0.2) is 0 Å². The molecule has 1 aliphatic carbocycles. The molecule has 0 atom stereocenters. The Labute approximate surface area is 224 Å². The molecule has 2 aromatic heterocycles. The van der Waals surface area contributed by atoms with Crippen LogP contribution in [-0.4, -0.2) is 21.7 Å². The van der Waals surface area contributed by atoms with Gasteiger partial charge in [0, 0.05) is 47.5 Å². The summed E-state index contributed by atoms with van der Waals surface area (Å²) < 4.78 is 4.35. The quantitative estimate of drug-likeness (QED) is 0.244. The fourth-order valence-electron chi connectivity index (χ4n) is 6.60. The fraction of sp³-hybridized carbons (Fsp3) is 0.0909. The van der Waals surface area contributed by atoms with Crippen LogP contribution in [0.25, 0.3) is 58.8 Å². The van der Waals surface area contributed by atoms with Crippen molar-refractivity contribution in [1.29, 1.82) is 0 Å². The molecule has 0 unspecified atom stereocenters. The van der Waals surface area contributed by atoms with E-state index in [4.69, 9.17) is 0 Å². The highest BCUT2D eigenvalue weighted by Crippen LogP contribution is 2.51. The van der Waals surface area contributed by atoms with Gasteiger partial charge in [-0.05, 0) is 58.7 Å². The molecule has 8 rings (SSSR count). The minimum absolute atomic E-state index is 0.110. The Morgan fingerprint density at radius 2 is 1.39 bits per heavy atom. The van der Waals surface area contributed by atoms with Crippen LogP contribution in [0.5, 0.6) is 0 Å². The number of fused-ring (bicyclic) bond motifs is 9. The molecule has 7 aromatic rings. The Balaban J connectivity index is 1.51. The molecule has 2 heterocycles. The van der Waals surface area contributed by atoms with Gasteiger partial charge in [0.15, 0.2) is 0 Å². The molecule has 5 aromatic carbocycles. The Bertz CT molecular complexity index is 2100. The van der Waals surface area contributed by atoms with Crippen LogP contribution in [0.3, 0.4) is 0 Å². The Hall–Kier alpha value is -3.90. The van der Waals surface area contributed by atoms with E-state index in [-0.39, 0.29) is 5.41 Å². The summed E-state index contributed by atoms with van der Waals surface area (Å²) in [6.07, 6.45) is 0. The van der Waals surface area contributed by atoms with Gasteiger partial charge in [-0.2, -0.15) is 0 Å². The predicted octanol–water partition coefficient (Wildman–Crippen LogP) is 7.14. The van der Waals surface area contributed by atoms with E-state index in [0.29, 0.717) is 5.46 Å². The van der Waals surface area contributed by atoms with Crippen molar-refractivity contribution in [1.82, 2.24) is 4.57 Å². The summed E-state index contributed by atoms with van der Waals surface area (Å²) in [6, 6.07) is 34.4. The minimum atomic E-state index is -1.56. The van der Waals surface area contributed by atoms with Crippen molar-refractivity contribution in [3.05, 3.63) is 108 Å². The lowest BCUT2D eigenvalue weighted by atomic mass is 9.79. The maximum Gasteiger partial charge on any atom is 0.489 e. The standard InChI is InChI=1S/C33H24BNO2S/c1-33(2)26-12-6-3-9-20(26)23-17-24-21-10-4-7-13-29(21)35(30(24)18-27(23)33)19-15-25-22-11-5-8-14-31(22)38-32(25)28(16-19)34(36)37/h3-18,36-37H,1-2H3. The van der Waals surface area contributed by atoms with E-state index in [0.717, 1.165) is 36.9 Å². The van der Waals surface area contributed by atoms with Crippen LogP contribution in [0.1, 0.15) is 25.0 Å². The second-order valence-corrected chi connectivity index (χ2v) is 11.9. The van der Waals surface area contributed by atoms with Crippen LogP contribution in [0.2, 0.25) is 0 Å². The molecule has 0 fully saturated rings.